The topological polar surface area (TPSA) is 58.4 Å². The molecule has 0 aliphatic carbocycles. The number of anilines is 2. The van der Waals surface area contributed by atoms with Crippen molar-refractivity contribution in [2.45, 2.75) is 39.3 Å². The van der Waals surface area contributed by atoms with E-state index in [1.54, 1.807) is 0 Å². The molecule has 24 heavy (non-hydrogen) atoms. The molecule has 0 saturated carbocycles. The highest BCUT2D eigenvalue weighted by atomic mass is 16.2. The Balaban J connectivity index is 1.68. The van der Waals surface area contributed by atoms with Gasteiger partial charge in [-0.1, -0.05) is 35.9 Å². The first kappa shape index (κ1) is 16.4. The lowest BCUT2D eigenvalue weighted by Gasteiger charge is -2.36. The number of rotatable bonds is 4. The average Bonchev–Trinajstić information content (AvgIpc) is 2.60. The van der Waals surface area contributed by atoms with Gasteiger partial charge >= 0.3 is 0 Å². The first-order chi connectivity index (χ1) is 11.6. The largest absolute Gasteiger partial charge is 0.398 e. The first-order valence-electron chi connectivity index (χ1n) is 8.53. The number of carbonyl (C=O) groups is 1. The zero-order chi connectivity index (χ0) is 17.1. The SMILES string of the molecule is Cc1ccc(CNC(=O)C(C)N2CCCc3c(N)cccc32)cc1. The number of carbonyl (C=O) groups excluding carboxylic acids is 1. The second-order valence-electron chi connectivity index (χ2n) is 6.52. The van der Waals surface area contributed by atoms with Crippen molar-refractivity contribution in [3.05, 3.63) is 59.2 Å². The summed E-state index contributed by atoms with van der Waals surface area (Å²) in [4.78, 5) is 14.8. The van der Waals surface area contributed by atoms with Crippen molar-refractivity contribution in [1.82, 2.24) is 5.32 Å². The molecule has 0 fully saturated rings. The third-order valence-corrected chi connectivity index (χ3v) is 4.76. The second kappa shape index (κ2) is 6.95. The molecule has 4 nitrogen and oxygen atoms in total. The summed E-state index contributed by atoms with van der Waals surface area (Å²) in [6.07, 6.45) is 2.01. The van der Waals surface area contributed by atoms with Gasteiger partial charge in [0.1, 0.15) is 6.04 Å². The number of nitrogen functional groups attached to an aromatic ring is 1. The molecule has 1 aliphatic rings. The number of benzene rings is 2. The maximum atomic E-state index is 12.6. The van der Waals surface area contributed by atoms with E-state index in [-0.39, 0.29) is 11.9 Å². The number of aryl methyl sites for hydroxylation is 1. The summed E-state index contributed by atoms with van der Waals surface area (Å²) in [7, 11) is 0. The molecule has 126 valence electrons. The van der Waals surface area contributed by atoms with Gasteiger partial charge in [-0.15, -0.1) is 0 Å². The molecule has 0 spiro atoms. The van der Waals surface area contributed by atoms with Crippen LogP contribution in [-0.2, 0) is 17.8 Å². The number of amides is 1. The van der Waals surface area contributed by atoms with E-state index in [4.69, 9.17) is 5.73 Å². The van der Waals surface area contributed by atoms with Crippen molar-refractivity contribution in [3.63, 3.8) is 0 Å². The van der Waals surface area contributed by atoms with Crippen LogP contribution >= 0.6 is 0 Å². The highest BCUT2D eigenvalue weighted by Gasteiger charge is 2.26. The van der Waals surface area contributed by atoms with Gasteiger partial charge in [0.15, 0.2) is 0 Å². The van der Waals surface area contributed by atoms with E-state index in [1.807, 2.05) is 19.1 Å². The van der Waals surface area contributed by atoms with Crippen LogP contribution in [0.5, 0.6) is 0 Å². The molecule has 0 radical (unpaired) electrons. The van der Waals surface area contributed by atoms with Gasteiger partial charge in [-0.2, -0.15) is 0 Å². The predicted molar refractivity (Wildman–Crippen MR) is 99.0 cm³/mol. The molecular formula is C20H25N3O. The van der Waals surface area contributed by atoms with Gasteiger partial charge in [0.05, 0.1) is 0 Å². The monoisotopic (exact) mass is 323 g/mol. The van der Waals surface area contributed by atoms with Crippen molar-refractivity contribution >= 4 is 17.3 Å². The van der Waals surface area contributed by atoms with Crippen LogP contribution in [0.25, 0.3) is 0 Å². The summed E-state index contributed by atoms with van der Waals surface area (Å²) in [6, 6.07) is 14.0. The summed E-state index contributed by atoms with van der Waals surface area (Å²) < 4.78 is 0. The van der Waals surface area contributed by atoms with Gasteiger partial charge in [0.25, 0.3) is 0 Å². The molecule has 1 amide bonds. The van der Waals surface area contributed by atoms with Gasteiger partial charge in [-0.25, -0.2) is 0 Å². The molecule has 0 aromatic heterocycles. The van der Waals surface area contributed by atoms with Crippen molar-refractivity contribution in [2.24, 2.45) is 0 Å². The molecule has 3 N–H and O–H groups in total. The van der Waals surface area contributed by atoms with Crippen LogP contribution in [0, 0.1) is 6.92 Å². The number of nitrogens with zero attached hydrogens (tertiary/aromatic N) is 1. The summed E-state index contributed by atoms with van der Waals surface area (Å²) in [5.74, 6) is 0.0471. The van der Waals surface area contributed by atoms with E-state index in [1.165, 1.54) is 11.1 Å². The number of nitrogens with one attached hydrogen (secondary N) is 1. The fourth-order valence-corrected chi connectivity index (χ4v) is 3.27. The highest BCUT2D eigenvalue weighted by Crippen LogP contribution is 2.32. The van der Waals surface area contributed by atoms with Crippen molar-refractivity contribution in [2.75, 3.05) is 17.2 Å². The normalized spacial score (nSPS) is 14.8. The number of nitrogens with two attached hydrogens (primary N) is 1. The lowest BCUT2D eigenvalue weighted by Crippen LogP contribution is -2.47. The fraction of sp³-hybridized carbons (Fsp3) is 0.350. The van der Waals surface area contributed by atoms with E-state index in [9.17, 15) is 4.79 Å². The zero-order valence-corrected chi connectivity index (χ0v) is 14.4. The molecule has 1 unspecified atom stereocenters. The minimum Gasteiger partial charge on any atom is -0.398 e. The van der Waals surface area contributed by atoms with Crippen LogP contribution in [-0.4, -0.2) is 18.5 Å². The van der Waals surface area contributed by atoms with E-state index in [2.05, 4.69) is 47.5 Å². The van der Waals surface area contributed by atoms with E-state index in [0.717, 1.165) is 36.3 Å². The zero-order valence-electron chi connectivity index (χ0n) is 14.4. The summed E-state index contributed by atoms with van der Waals surface area (Å²) in [5, 5.41) is 3.05. The van der Waals surface area contributed by atoms with E-state index in [0.29, 0.717) is 6.54 Å². The van der Waals surface area contributed by atoms with Crippen LogP contribution < -0.4 is 16.0 Å². The number of fused-ring (bicyclic) bond motifs is 1. The highest BCUT2D eigenvalue weighted by molar-refractivity contribution is 5.86. The van der Waals surface area contributed by atoms with Gasteiger partial charge < -0.3 is 16.0 Å². The molecule has 1 heterocycles. The lowest BCUT2D eigenvalue weighted by molar-refractivity contribution is -0.122. The molecule has 2 aromatic rings. The standard InChI is InChI=1S/C20H25N3O/c1-14-8-10-16(11-9-14)13-22-20(24)15(2)23-12-4-5-17-18(21)6-3-7-19(17)23/h3,6-11,15H,4-5,12-13,21H2,1-2H3,(H,22,24). The maximum Gasteiger partial charge on any atom is 0.242 e. The average molecular weight is 323 g/mol. The molecule has 2 aromatic carbocycles. The Morgan fingerprint density at radius 1 is 1.25 bits per heavy atom. The van der Waals surface area contributed by atoms with Crippen molar-refractivity contribution in [3.8, 4) is 0 Å². The summed E-state index contributed by atoms with van der Waals surface area (Å²) in [5.41, 5.74) is 11.5. The third-order valence-electron chi connectivity index (χ3n) is 4.76. The molecule has 4 heteroatoms. The third kappa shape index (κ3) is 3.37. The molecule has 1 atom stereocenters. The Morgan fingerprint density at radius 2 is 2.00 bits per heavy atom. The van der Waals surface area contributed by atoms with Gasteiger partial charge in [-0.05, 0) is 49.9 Å². The smallest absolute Gasteiger partial charge is 0.242 e. The minimum absolute atomic E-state index is 0.0471. The Labute approximate surface area is 143 Å². The second-order valence-corrected chi connectivity index (χ2v) is 6.52. The van der Waals surface area contributed by atoms with E-state index >= 15 is 0 Å². The minimum atomic E-state index is -0.212. The Kier molecular flexibility index (Phi) is 4.74. The number of hydrogen-bond donors (Lipinski definition) is 2. The molecule has 0 bridgehead atoms. The molecular weight excluding hydrogens is 298 g/mol. The van der Waals surface area contributed by atoms with Crippen LogP contribution in [0.15, 0.2) is 42.5 Å². The first-order valence-corrected chi connectivity index (χ1v) is 8.53. The van der Waals surface area contributed by atoms with Gasteiger partial charge in [-0.3, -0.25) is 4.79 Å². The number of hydrogen-bond acceptors (Lipinski definition) is 3. The maximum absolute atomic E-state index is 12.6. The molecule has 1 aliphatic heterocycles. The van der Waals surface area contributed by atoms with Crippen LogP contribution in [0.4, 0.5) is 11.4 Å². The van der Waals surface area contributed by atoms with Gasteiger partial charge in [0.2, 0.25) is 5.91 Å². The fourth-order valence-electron chi connectivity index (χ4n) is 3.27. The summed E-state index contributed by atoms with van der Waals surface area (Å²) >= 11 is 0. The van der Waals surface area contributed by atoms with Gasteiger partial charge in [0, 0.05) is 24.5 Å². The van der Waals surface area contributed by atoms with Crippen molar-refractivity contribution < 1.29 is 4.79 Å². The molecule has 0 saturated heterocycles. The van der Waals surface area contributed by atoms with Crippen molar-refractivity contribution in [1.29, 1.82) is 0 Å². The molecule has 3 rings (SSSR count). The van der Waals surface area contributed by atoms with Crippen LogP contribution in [0.1, 0.15) is 30.0 Å². The van der Waals surface area contributed by atoms with E-state index < -0.39 is 0 Å². The van der Waals surface area contributed by atoms with Crippen LogP contribution in [0.2, 0.25) is 0 Å². The Bertz CT molecular complexity index is 724. The summed E-state index contributed by atoms with van der Waals surface area (Å²) in [6.45, 7) is 5.46. The lowest BCUT2D eigenvalue weighted by atomic mass is 9.98. The predicted octanol–water partition coefficient (Wildman–Crippen LogP) is 3.03. The quantitative estimate of drug-likeness (QED) is 0.850. The van der Waals surface area contributed by atoms with Crippen LogP contribution in [0.3, 0.4) is 0 Å². The Morgan fingerprint density at radius 3 is 2.75 bits per heavy atom. The Hall–Kier alpha value is -2.49.